The van der Waals surface area contributed by atoms with Gasteiger partial charge in [0.2, 0.25) is 0 Å². The lowest BCUT2D eigenvalue weighted by Gasteiger charge is -2.21. The molecule has 0 aliphatic carbocycles. The quantitative estimate of drug-likeness (QED) is 0.553. The van der Waals surface area contributed by atoms with E-state index in [0.717, 1.165) is 5.76 Å². The van der Waals surface area contributed by atoms with Crippen LogP contribution in [0.5, 0.6) is 0 Å². The van der Waals surface area contributed by atoms with Crippen LogP contribution in [0.1, 0.15) is 19.1 Å². The molecule has 0 amide bonds. The summed E-state index contributed by atoms with van der Waals surface area (Å²) in [6.45, 7) is 2.50. The molecule has 15 heavy (non-hydrogen) atoms. The van der Waals surface area contributed by atoms with Gasteiger partial charge < -0.3 is 19.0 Å². The first-order valence-electron chi connectivity index (χ1n) is 4.95. The molecule has 1 N–H and O–H groups in total. The summed E-state index contributed by atoms with van der Waals surface area (Å²) >= 11 is 0. The Morgan fingerprint density at radius 1 is 1.53 bits per heavy atom. The van der Waals surface area contributed by atoms with Crippen LogP contribution in [0.2, 0.25) is 0 Å². The molecule has 0 aromatic carbocycles. The average Bonchev–Trinajstić information content (AvgIpc) is 2.64. The molecule has 1 heterocycles. The van der Waals surface area contributed by atoms with E-state index in [9.17, 15) is 5.11 Å². The van der Waals surface area contributed by atoms with E-state index in [0.29, 0.717) is 19.4 Å². The Balaban J connectivity index is 2.25. The van der Waals surface area contributed by atoms with Gasteiger partial charge in [-0.2, -0.15) is 0 Å². The average molecular weight is 214 g/mol. The van der Waals surface area contributed by atoms with Gasteiger partial charge in [0.15, 0.2) is 0 Å². The molecule has 1 aromatic rings. The molecular weight excluding hydrogens is 196 g/mol. The molecule has 0 aliphatic heterocycles. The molecule has 0 saturated carbocycles. The topological polar surface area (TPSA) is 51.8 Å². The van der Waals surface area contributed by atoms with E-state index < -0.39 is 5.60 Å². The SMILES string of the molecule is COCOCCC(C)(O)Cc1ccco1. The van der Waals surface area contributed by atoms with Crippen LogP contribution in [0.4, 0.5) is 0 Å². The Labute approximate surface area is 89.8 Å². The summed E-state index contributed by atoms with van der Waals surface area (Å²) in [6, 6.07) is 3.66. The lowest BCUT2D eigenvalue weighted by atomic mass is 9.97. The molecule has 1 unspecified atom stereocenters. The fraction of sp³-hybridized carbons (Fsp3) is 0.636. The van der Waals surface area contributed by atoms with Crippen molar-refractivity contribution in [3.63, 3.8) is 0 Å². The zero-order valence-corrected chi connectivity index (χ0v) is 9.23. The van der Waals surface area contributed by atoms with Crippen LogP contribution < -0.4 is 0 Å². The molecule has 0 saturated heterocycles. The van der Waals surface area contributed by atoms with Crippen LogP contribution in [0.25, 0.3) is 0 Å². The minimum atomic E-state index is -0.800. The molecule has 4 heteroatoms. The van der Waals surface area contributed by atoms with Crippen molar-refractivity contribution >= 4 is 0 Å². The Morgan fingerprint density at radius 2 is 2.33 bits per heavy atom. The lowest BCUT2D eigenvalue weighted by Crippen LogP contribution is -2.28. The number of ether oxygens (including phenoxy) is 2. The summed E-state index contributed by atoms with van der Waals surface area (Å²) in [6.07, 6.45) is 2.65. The highest BCUT2D eigenvalue weighted by Crippen LogP contribution is 2.17. The van der Waals surface area contributed by atoms with Gasteiger partial charge in [0, 0.05) is 13.5 Å². The summed E-state index contributed by atoms with van der Waals surface area (Å²) in [5, 5.41) is 10.0. The van der Waals surface area contributed by atoms with E-state index in [4.69, 9.17) is 13.9 Å². The predicted octanol–water partition coefficient (Wildman–Crippen LogP) is 1.58. The number of rotatable bonds is 7. The van der Waals surface area contributed by atoms with Crippen molar-refractivity contribution < 1.29 is 19.0 Å². The number of hydrogen-bond donors (Lipinski definition) is 1. The highest BCUT2D eigenvalue weighted by atomic mass is 16.7. The van der Waals surface area contributed by atoms with Crippen molar-refractivity contribution in [2.45, 2.75) is 25.4 Å². The van der Waals surface area contributed by atoms with Crippen molar-refractivity contribution in [3.8, 4) is 0 Å². The van der Waals surface area contributed by atoms with Crippen molar-refractivity contribution in [2.75, 3.05) is 20.5 Å². The second kappa shape index (κ2) is 5.90. The normalized spacial score (nSPS) is 15.1. The Hall–Kier alpha value is -0.840. The molecule has 0 spiro atoms. The first kappa shape index (κ1) is 12.2. The fourth-order valence-corrected chi connectivity index (χ4v) is 1.31. The summed E-state index contributed by atoms with van der Waals surface area (Å²) in [7, 11) is 1.57. The third-order valence-corrected chi connectivity index (χ3v) is 2.12. The first-order valence-corrected chi connectivity index (χ1v) is 4.95. The lowest BCUT2D eigenvalue weighted by molar-refractivity contribution is -0.0547. The summed E-state index contributed by atoms with van der Waals surface area (Å²) in [5.41, 5.74) is -0.800. The molecule has 86 valence electrons. The van der Waals surface area contributed by atoms with Crippen LogP contribution >= 0.6 is 0 Å². The number of furan rings is 1. The molecular formula is C11H18O4. The van der Waals surface area contributed by atoms with Gasteiger partial charge in [-0.05, 0) is 25.5 Å². The third-order valence-electron chi connectivity index (χ3n) is 2.12. The van der Waals surface area contributed by atoms with Gasteiger partial charge >= 0.3 is 0 Å². The summed E-state index contributed by atoms with van der Waals surface area (Å²) < 4.78 is 15.0. The van der Waals surface area contributed by atoms with E-state index in [1.165, 1.54) is 0 Å². The Morgan fingerprint density at radius 3 is 2.93 bits per heavy atom. The Bertz CT molecular complexity index is 254. The molecule has 4 nitrogen and oxygen atoms in total. The number of hydrogen-bond acceptors (Lipinski definition) is 4. The van der Waals surface area contributed by atoms with Gasteiger partial charge in [-0.15, -0.1) is 0 Å². The highest BCUT2D eigenvalue weighted by Gasteiger charge is 2.21. The molecule has 1 atom stereocenters. The van der Waals surface area contributed by atoms with Crippen LogP contribution in [0.3, 0.4) is 0 Å². The van der Waals surface area contributed by atoms with Gasteiger partial charge in [-0.1, -0.05) is 0 Å². The molecule has 1 rings (SSSR count). The van der Waals surface area contributed by atoms with Crippen LogP contribution in [0.15, 0.2) is 22.8 Å². The third kappa shape index (κ3) is 4.97. The number of methoxy groups -OCH3 is 1. The maximum absolute atomic E-state index is 10.0. The van der Waals surface area contributed by atoms with Crippen LogP contribution in [0, 0.1) is 0 Å². The largest absolute Gasteiger partial charge is 0.469 e. The Kier molecular flexibility index (Phi) is 4.81. The first-order chi connectivity index (χ1) is 7.14. The van der Waals surface area contributed by atoms with Crippen LogP contribution in [-0.4, -0.2) is 31.2 Å². The van der Waals surface area contributed by atoms with Crippen molar-refractivity contribution in [2.24, 2.45) is 0 Å². The van der Waals surface area contributed by atoms with E-state index in [-0.39, 0.29) is 6.79 Å². The van der Waals surface area contributed by atoms with Crippen molar-refractivity contribution in [1.82, 2.24) is 0 Å². The van der Waals surface area contributed by atoms with Gasteiger partial charge in [0.25, 0.3) is 0 Å². The summed E-state index contributed by atoms with van der Waals surface area (Å²) in [5.74, 6) is 0.784. The van der Waals surface area contributed by atoms with Crippen molar-refractivity contribution in [3.05, 3.63) is 24.2 Å². The maximum atomic E-state index is 10.0. The zero-order chi connectivity index (χ0) is 11.1. The monoisotopic (exact) mass is 214 g/mol. The highest BCUT2D eigenvalue weighted by molar-refractivity contribution is 5.01. The second-order valence-electron chi connectivity index (χ2n) is 3.82. The van der Waals surface area contributed by atoms with E-state index >= 15 is 0 Å². The van der Waals surface area contributed by atoms with E-state index in [1.54, 1.807) is 20.3 Å². The molecule has 0 radical (unpaired) electrons. The minimum Gasteiger partial charge on any atom is -0.469 e. The van der Waals surface area contributed by atoms with Crippen molar-refractivity contribution in [1.29, 1.82) is 0 Å². The molecule has 0 fully saturated rings. The predicted molar refractivity (Wildman–Crippen MR) is 55.5 cm³/mol. The minimum absolute atomic E-state index is 0.261. The maximum Gasteiger partial charge on any atom is 0.146 e. The van der Waals surface area contributed by atoms with Gasteiger partial charge in [0.1, 0.15) is 12.6 Å². The van der Waals surface area contributed by atoms with E-state index in [1.807, 2.05) is 12.1 Å². The van der Waals surface area contributed by atoms with Crippen LogP contribution in [-0.2, 0) is 15.9 Å². The van der Waals surface area contributed by atoms with Gasteiger partial charge in [0.05, 0.1) is 18.5 Å². The molecule has 1 aromatic heterocycles. The molecule has 0 bridgehead atoms. The van der Waals surface area contributed by atoms with Gasteiger partial charge in [-0.25, -0.2) is 0 Å². The fourth-order valence-electron chi connectivity index (χ4n) is 1.31. The summed E-state index contributed by atoms with van der Waals surface area (Å²) in [4.78, 5) is 0. The smallest absolute Gasteiger partial charge is 0.146 e. The molecule has 0 aliphatic rings. The zero-order valence-electron chi connectivity index (χ0n) is 9.23. The van der Waals surface area contributed by atoms with Gasteiger partial charge in [-0.3, -0.25) is 0 Å². The standard InChI is InChI=1S/C11H18O4/c1-11(12,5-7-14-9-13-2)8-10-4-3-6-15-10/h3-4,6,12H,5,7-9H2,1-2H3. The second-order valence-corrected chi connectivity index (χ2v) is 3.82. The number of aliphatic hydroxyl groups is 1. The van der Waals surface area contributed by atoms with E-state index in [2.05, 4.69) is 0 Å².